The maximum atomic E-state index is 5.85. The van der Waals surface area contributed by atoms with E-state index in [1.165, 1.54) is 37.7 Å². The van der Waals surface area contributed by atoms with E-state index < -0.39 is 0 Å². The summed E-state index contributed by atoms with van der Waals surface area (Å²) in [6.45, 7) is 0. The third-order valence-electron chi connectivity index (χ3n) is 3.85. The van der Waals surface area contributed by atoms with Crippen molar-refractivity contribution >= 4 is 5.69 Å². The van der Waals surface area contributed by atoms with Gasteiger partial charge in [-0.05, 0) is 12.3 Å². The maximum absolute atomic E-state index is 5.85. The Morgan fingerprint density at radius 2 is 1.61 bits per heavy atom. The number of benzene rings is 1. The average Bonchev–Trinajstić information content (AvgIpc) is 2.41. The summed E-state index contributed by atoms with van der Waals surface area (Å²) in [6.07, 6.45) is 7.75. The van der Waals surface area contributed by atoms with Crippen LogP contribution in [-0.4, -0.2) is 14.2 Å². The molecule has 1 aliphatic carbocycles. The Morgan fingerprint density at radius 1 is 1.06 bits per heavy atom. The summed E-state index contributed by atoms with van der Waals surface area (Å²) in [5.41, 5.74) is 7.71. The Labute approximate surface area is 109 Å². The molecule has 0 saturated heterocycles. The standard InChI is InChI=1S/C15H23NO2/c1-17-14-9-12(16)10-15(18-2)13(14)8-11-6-4-3-5-7-11/h9-11H,3-8,16H2,1-2H3. The quantitative estimate of drug-likeness (QED) is 0.832. The van der Waals surface area contributed by atoms with Crippen LogP contribution < -0.4 is 15.2 Å². The van der Waals surface area contributed by atoms with Gasteiger partial charge >= 0.3 is 0 Å². The molecule has 1 aromatic rings. The summed E-state index contributed by atoms with van der Waals surface area (Å²) in [6, 6.07) is 3.78. The molecule has 0 radical (unpaired) electrons. The van der Waals surface area contributed by atoms with Crippen molar-refractivity contribution in [3.05, 3.63) is 17.7 Å². The number of rotatable bonds is 4. The SMILES string of the molecule is COc1cc(N)cc(OC)c1CC1CCCCC1. The fourth-order valence-corrected chi connectivity index (χ4v) is 2.89. The van der Waals surface area contributed by atoms with Crippen molar-refractivity contribution < 1.29 is 9.47 Å². The van der Waals surface area contributed by atoms with E-state index in [4.69, 9.17) is 15.2 Å². The van der Waals surface area contributed by atoms with Gasteiger partial charge < -0.3 is 15.2 Å². The number of nitrogens with two attached hydrogens (primary N) is 1. The van der Waals surface area contributed by atoms with Gasteiger partial charge in [-0.2, -0.15) is 0 Å². The van der Waals surface area contributed by atoms with Gasteiger partial charge in [0, 0.05) is 23.4 Å². The van der Waals surface area contributed by atoms with E-state index in [-0.39, 0.29) is 0 Å². The van der Waals surface area contributed by atoms with Crippen LogP contribution in [0.25, 0.3) is 0 Å². The second-order valence-corrected chi connectivity index (χ2v) is 5.11. The number of hydrogen-bond acceptors (Lipinski definition) is 3. The van der Waals surface area contributed by atoms with Crippen LogP contribution >= 0.6 is 0 Å². The number of ether oxygens (including phenoxy) is 2. The van der Waals surface area contributed by atoms with Crippen LogP contribution in [0.5, 0.6) is 11.5 Å². The highest BCUT2D eigenvalue weighted by atomic mass is 16.5. The van der Waals surface area contributed by atoms with Gasteiger partial charge in [-0.15, -0.1) is 0 Å². The summed E-state index contributed by atoms with van der Waals surface area (Å²) in [4.78, 5) is 0. The van der Waals surface area contributed by atoms with Gasteiger partial charge in [0.1, 0.15) is 11.5 Å². The van der Waals surface area contributed by atoms with Gasteiger partial charge in [-0.25, -0.2) is 0 Å². The van der Waals surface area contributed by atoms with Gasteiger partial charge in [0.05, 0.1) is 14.2 Å². The van der Waals surface area contributed by atoms with Crippen LogP contribution in [-0.2, 0) is 6.42 Å². The zero-order chi connectivity index (χ0) is 13.0. The molecule has 0 aliphatic heterocycles. The van der Waals surface area contributed by atoms with E-state index in [1.54, 1.807) is 14.2 Å². The first-order chi connectivity index (χ1) is 8.74. The highest BCUT2D eigenvalue weighted by molar-refractivity contribution is 5.56. The predicted octanol–water partition coefficient (Wildman–Crippen LogP) is 3.41. The molecule has 3 nitrogen and oxygen atoms in total. The molecule has 0 heterocycles. The normalized spacial score (nSPS) is 16.6. The summed E-state index contributed by atoms with van der Waals surface area (Å²) in [5.74, 6) is 2.47. The largest absolute Gasteiger partial charge is 0.496 e. The van der Waals surface area contributed by atoms with Crippen LogP contribution in [0, 0.1) is 5.92 Å². The monoisotopic (exact) mass is 249 g/mol. The molecule has 3 heteroatoms. The van der Waals surface area contributed by atoms with Crippen molar-refractivity contribution in [1.29, 1.82) is 0 Å². The van der Waals surface area contributed by atoms with Gasteiger partial charge in [0.25, 0.3) is 0 Å². The minimum Gasteiger partial charge on any atom is -0.496 e. The van der Waals surface area contributed by atoms with Crippen molar-refractivity contribution in [1.82, 2.24) is 0 Å². The second kappa shape index (κ2) is 5.98. The van der Waals surface area contributed by atoms with Crippen molar-refractivity contribution in [2.75, 3.05) is 20.0 Å². The molecule has 0 amide bonds. The van der Waals surface area contributed by atoms with Crippen molar-refractivity contribution in [2.45, 2.75) is 38.5 Å². The molecular weight excluding hydrogens is 226 g/mol. The predicted molar refractivity (Wildman–Crippen MR) is 74.2 cm³/mol. The number of anilines is 1. The molecule has 1 fully saturated rings. The zero-order valence-corrected chi connectivity index (χ0v) is 11.4. The second-order valence-electron chi connectivity index (χ2n) is 5.11. The molecule has 100 valence electrons. The van der Waals surface area contributed by atoms with Gasteiger partial charge in [-0.1, -0.05) is 32.1 Å². The highest BCUT2D eigenvalue weighted by Gasteiger charge is 2.19. The molecule has 1 aliphatic rings. The van der Waals surface area contributed by atoms with Gasteiger partial charge in [-0.3, -0.25) is 0 Å². The smallest absolute Gasteiger partial charge is 0.127 e. The Balaban J connectivity index is 2.23. The third-order valence-corrected chi connectivity index (χ3v) is 3.85. The summed E-state index contributed by atoms with van der Waals surface area (Å²) < 4.78 is 10.9. The zero-order valence-electron chi connectivity index (χ0n) is 11.4. The first-order valence-corrected chi connectivity index (χ1v) is 6.75. The molecule has 0 spiro atoms. The molecule has 1 saturated carbocycles. The van der Waals surface area contributed by atoms with E-state index in [1.807, 2.05) is 12.1 Å². The molecule has 1 aromatic carbocycles. The fraction of sp³-hybridized carbons (Fsp3) is 0.600. The first-order valence-electron chi connectivity index (χ1n) is 6.75. The Bertz CT molecular complexity index is 372. The minimum absolute atomic E-state index is 0.691. The molecule has 2 rings (SSSR count). The van der Waals surface area contributed by atoms with E-state index >= 15 is 0 Å². The number of hydrogen-bond donors (Lipinski definition) is 1. The van der Waals surface area contributed by atoms with E-state index in [2.05, 4.69) is 0 Å². The lowest BCUT2D eigenvalue weighted by molar-refractivity contribution is 0.337. The molecule has 0 bridgehead atoms. The van der Waals surface area contributed by atoms with E-state index in [0.29, 0.717) is 5.69 Å². The van der Waals surface area contributed by atoms with Gasteiger partial charge in [0.15, 0.2) is 0 Å². The highest BCUT2D eigenvalue weighted by Crippen LogP contribution is 2.36. The molecule has 18 heavy (non-hydrogen) atoms. The summed E-state index contributed by atoms with van der Waals surface area (Å²) >= 11 is 0. The van der Waals surface area contributed by atoms with Crippen LogP contribution in [0.1, 0.15) is 37.7 Å². The average molecular weight is 249 g/mol. The Kier molecular flexibility index (Phi) is 4.34. The van der Waals surface area contributed by atoms with E-state index in [9.17, 15) is 0 Å². The molecule has 0 unspecified atom stereocenters. The van der Waals surface area contributed by atoms with Crippen LogP contribution in [0.15, 0.2) is 12.1 Å². The van der Waals surface area contributed by atoms with Crippen molar-refractivity contribution in [3.8, 4) is 11.5 Å². The fourth-order valence-electron chi connectivity index (χ4n) is 2.89. The van der Waals surface area contributed by atoms with Crippen LogP contribution in [0.2, 0.25) is 0 Å². The number of nitrogen functional groups attached to an aromatic ring is 1. The van der Waals surface area contributed by atoms with Crippen molar-refractivity contribution in [2.24, 2.45) is 5.92 Å². The van der Waals surface area contributed by atoms with Gasteiger partial charge in [0.2, 0.25) is 0 Å². The van der Waals surface area contributed by atoms with Crippen LogP contribution in [0.4, 0.5) is 5.69 Å². The molecule has 2 N–H and O–H groups in total. The minimum atomic E-state index is 0.691. The third kappa shape index (κ3) is 2.89. The van der Waals surface area contributed by atoms with E-state index in [0.717, 1.165) is 23.8 Å². The molecular formula is C15H23NO2. The van der Waals surface area contributed by atoms with Crippen LogP contribution in [0.3, 0.4) is 0 Å². The topological polar surface area (TPSA) is 44.5 Å². The summed E-state index contributed by atoms with van der Waals surface area (Å²) in [7, 11) is 3.39. The first kappa shape index (κ1) is 13.1. The lowest BCUT2D eigenvalue weighted by atomic mass is 9.84. The molecule has 0 atom stereocenters. The van der Waals surface area contributed by atoms with Crippen molar-refractivity contribution in [3.63, 3.8) is 0 Å². The number of methoxy groups -OCH3 is 2. The Hall–Kier alpha value is -1.38. The lowest BCUT2D eigenvalue weighted by Gasteiger charge is -2.23. The summed E-state index contributed by atoms with van der Waals surface area (Å²) in [5, 5.41) is 0. The maximum Gasteiger partial charge on any atom is 0.127 e. The Morgan fingerprint density at radius 3 is 2.11 bits per heavy atom. The molecule has 0 aromatic heterocycles. The lowest BCUT2D eigenvalue weighted by Crippen LogP contribution is -2.11.